The molecule has 0 N–H and O–H groups in total. The highest BCUT2D eigenvalue weighted by atomic mass is 16.5. The molecular weight excluding hydrogens is 308 g/mol. The minimum absolute atomic E-state index is 0.0964. The zero-order valence-corrected chi connectivity index (χ0v) is 15.4. The summed E-state index contributed by atoms with van der Waals surface area (Å²) < 4.78 is 23.0. The summed E-state index contributed by atoms with van der Waals surface area (Å²) in [4.78, 5) is 12.5. The number of hydrogen-bond donors (Lipinski definition) is 0. The van der Waals surface area contributed by atoms with Crippen LogP contribution in [0.25, 0.3) is 11.0 Å². The van der Waals surface area contributed by atoms with Crippen molar-refractivity contribution in [3.63, 3.8) is 0 Å². The fourth-order valence-corrected chi connectivity index (χ4v) is 2.25. The van der Waals surface area contributed by atoms with Crippen molar-refractivity contribution in [3.05, 3.63) is 28.6 Å². The third-order valence-electron chi connectivity index (χ3n) is 2.93. The molecule has 0 spiro atoms. The van der Waals surface area contributed by atoms with E-state index in [1.54, 1.807) is 6.07 Å². The van der Waals surface area contributed by atoms with Crippen molar-refractivity contribution in [1.82, 2.24) is 0 Å². The van der Waals surface area contributed by atoms with Crippen molar-refractivity contribution in [2.24, 2.45) is 0 Å². The lowest BCUT2D eigenvalue weighted by molar-refractivity contribution is 0.130. The molecule has 1 aromatic carbocycles. The summed E-state index contributed by atoms with van der Waals surface area (Å²) in [5.41, 5.74) is -0.625. The molecule has 1 aromatic heterocycles. The molecule has 0 aliphatic heterocycles. The SMILES string of the molecule is CC(C)Oc1c(OC(C)C)c2cccc(OC(C)(C)C)c2oc1=O. The van der Waals surface area contributed by atoms with Gasteiger partial charge in [0.15, 0.2) is 17.1 Å². The summed E-state index contributed by atoms with van der Waals surface area (Å²) in [6.45, 7) is 13.3. The monoisotopic (exact) mass is 334 g/mol. The smallest absolute Gasteiger partial charge is 0.383 e. The van der Waals surface area contributed by atoms with E-state index in [1.807, 2.05) is 60.6 Å². The van der Waals surface area contributed by atoms with Gasteiger partial charge in [-0.2, -0.15) is 0 Å². The van der Waals surface area contributed by atoms with Crippen LogP contribution in [0.2, 0.25) is 0 Å². The molecule has 0 bridgehead atoms. The average molecular weight is 334 g/mol. The van der Waals surface area contributed by atoms with E-state index in [0.29, 0.717) is 22.5 Å². The van der Waals surface area contributed by atoms with Gasteiger partial charge in [0.05, 0.1) is 17.6 Å². The van der Waals surface area contributed by atoms with E-state index in [9.17, 15) is 4.79 Å². The molecule has 0 aliphatic rings. The van der Waals surface area contributed by atoms with Gasteiger partial charge in [-0.25, -0.2) is 4.79 Å². The second kappa shape index (κ2) is 6.75. The first-order valence-electron chi connectivity index (χ1n) is 8.20. The number of benzene rings is 1. The fraction of sp³-hybridized carbons (Fsp3) is 0.526. The summed E-state index contributed by atoms with van der Waals surface area (Å²) in [7, 11) is 0. The Hall–Kier alpha value is -2.17. The first-order chi connectivity index (χ1) is 11.1. The third-order valence-corrected chi connectivity index (χ3v) is 2.93. The van der Waals surface area contributed by atoms with Gasteiger partial charge in [-0.15, -0.1) is 0 Å². The van der Waals surface area contributed by atoms with E-state index in [0.717, 1.165) is 0 Å². The Morgan fingerprint density at radius 2 is 1.54 bits per heavy atom. The molecule has 0 atom stereocenters. The van der Waals surface area contributed by atoms with Crippen molar-refractivity contribution in [2.75, 3.05) is 0 Å². The maximum atomic E-state index is 12.5. The lowest BCUT2D eigenvalue weighted by Crippen LogP contribution is -2.23. The van der Waals surface area contributed by atoms with Gasteiger partial charge < -0.3 is 18.6 Å². The van der Waals surface area contributed by atoms with Gasteiger partial charge in [0.25, 0.3) is 0 Å². The van der Waals surface area contributed by atoms with Crippen molar-refractivity contribution < 1.29 is 18.6 Å². The standard InChI is InChI=1S/C19H26O5/c1-11(2)21-16-13-9-8-10-14(24-19(5,6)7)15(13)23-18(20)17(16)22-12(3)4/h8-12H,1-7H3. The summed E-state index contributed by atoms with van der Waals surface area (Å²) in [6.07, 6.45) is -0.287. The summed E-state index contributed by atoms with van der Waals surface area (Å²) in [6, 6.07) is 5.45. The molecule has 5 heteroatoms. The van der Waals surface area contributed by atoms with E-state index < -0.39 is 11.2 Å². The Morgan fingerprint density at radius 1 is 0.958 bits per heavy atom. The van der Waals surface area contributed by atoms with Crippen molar-refractivity contribution in [2.45, 2.75) is 66.3 Å². The first kappa shape index (κ1) is 18.2. The van der Waals surface area contributed by atoms with E-state index in [1.165, 1.54) is 0 Å². The molecule has 0 amide bonds. The first-order valence-corrected chi connectivity index (χ1v) is 8.20. The highest BCUT2D eigenvalue weighted by Crippen LogP contribution is 2.38. The molecule has 24 heavy (non-hydrogen) atoms. The van der Waals surface area contributed by atoms with Crippen LogP contribution in [-0.4, -0.2) is 17.8 Å². The molecule has 2 rings (SSSR count). The quantitative estimate of drug-likeness (QED) is 0.751. The molecule has 0 saturated carbocycles. The highest BCUT2D eigenvalue weighted by molar-refractivity contribution is 5.90. The van der Waals surface area contributed by atoms with Crippen molar-refractivity contribution in [3.8, 4) is 17.2 Å². The largest absolute Gasteiger partial charge is 0.486 e. The van der Waals surface area contributed by atoms with E-state index in [2.05, 4.69) is 0 Å². The zero-order valence-electron chi connectivity index (χ0n) is 15.4. The van der Waals surface area contributed by atoms with Gasteiger partial charge in [-0.05, 0) is 60.6 Å². The molecule has 5 nitrogen and oxygen atoms in total. The highest BCUT2D eigenvalue weighted by Gasteiger charge is 2.23. The van der Waals surface area contributed by atoms with Crippen LogP contribution in [0.4, 0.5) is 0 Å². The minimum Gasteiger partial charge on any atom is -0.486 e. The second-order valence-corrected chi connectivity index (χ2v) is 7.23. The molecular formula is C19H26O5. The van der Waals surface area contributed by atoms with Gasteiger partial charge in [0, 0.05) is 0 Å². The molecule has 2 aromatic rings. The molecule has 0 radical (unpaired) electrons. The Morgan fingerprint density at radius 3 is 2.08 bits per heavy atom. The van der Waals surface area contributed by atoms with Crippen LogP contribution in [0.5, 0.6) is 17.2 Å². The van der Waals surface area contributed by atoms with Crippen LogP contribution in [0.1, 0.15) is 48.5 Å². The van der Waals surface area contributed by atoms with Crippen LogP contribution in [0.15, 0.2) is 27.4 Å². The van der Waals surface area contributed by atoms with E-state index in [-0.39, 0.29) is 18.0 Å². The Labute approximate surface area is 142 Å². The maximum absolute atomic E-state index is 12.5. The van der Waals surface area contributed by atoms with Crippen molar-refractivity contribution >= 4 is 11.0 Å². The molecule has 1 heterocycles. The van der Waals surface area contributed by atoms with Crippen LogP contribution in [-0.2, 0) is 0 Å². The zero-order chi connectivity index (χ0) is 18.1. The average Bonchev–Trinajstić information content (AvgIpc) is 2.41. The number of rotatable bonds is 5. The van der Waals surface area contributed by atoms with Crippen molar-refractivity contribution in [1.29, 1.82) is 0 Å². The summed E-state index contributed by atoms with van der Waals surface area (Å²) in [5.74, 6) is 0.991. The predicted octanol–water partition coefficient (Wildman–Crippen LogP) is 4.54. The Bertz CT molecular complexity index is 766. The normalized spacial score (nSPS) is 12.0. The molecule has 132 valence electrons. The molecule has 0 unspecified atom stereocenters. The van der Waals surface area contributed by atoms with Crippen LogP contribution >= 0.6 is 0 Å². The number of fused-ring (bicyclic) bond motifs is 1. The number of ether oxygens (including phenoxy) is 3. The van der Waals surface area contributed by atoms with Gasteiger partial charge in [0.2, 0.25) is 5.75 Å². The fourth-order valence-electron chi connectivity index (χ4n) is 2.25. The van der Waals surface area contributed by atoms with Gasteiger partial charge in [-0.3, -0.25) is 0 Å². The third kappa shape index (κ3) is 4.22. The number of hydrogen-bond acceptors (Lipinski definition) is 5. The summed E-state index contributed by atoms with van der Waals surface area (Å²) >= 11 is 0. The van der Waals surface area contributed by atoms with Gasteiger partial charge in [-0.1, -0.05) is 6.07 Å². The predicted molar refractivity (Wildman–Crippen MR) is 94.4 cm³/mol. The molecule has 0 saturated heterocycles. The lowest BCUT2D eigenvalue weighted by atomic mass is 10.1. The summed E-state index contributed by atoms with van der Waals surface area (Å²) in [5, 5.41) is 0.653. The van der Waals surface area contributed by atoms with E-state index in [4.69, 9.17) is 18.6 Å². The molecule has 0 aliphatic carbocycles. The van der Waals surface area contributed by atoms with Crippen LogP contribution < -0.4 is 19.8 Å². The Balaban J connectivity index is 2.73. The number of para-hydroxylation sites is 1. The topological polar surface area (TPSA) is 57.9 Å². The second-order valence-electron chi connectivity index (χ2n) is 7.23. The Kier molecular flexibility index (Phi) is 5.11. The van der Waals surface area contributed by atoms with Crippen LogP contribution in [0.3, 0.4) is 0 Å². The maximum Gasteiger partial charge on any atom is 0.383 e. The van der Waals surface area contributed by atoms with E-state index >= 15 is 0 Å². The van der Waals surface area contributed by atoms with Gasteiger partial charge >= 0.3 is 5.63 Å². The molecule has 0 fully saturated rings. The minimum atomic E-state index is -0.572. The lowest BCUT2D eigenvalue weighted by Gasteiger charge is -2.23. The van der Waals surface area contributed by atoms with Crippen LogP contribution in [0, 0.1) is 0 Å². The van der Waals surface area contributed by atoms with Gasteiger partial charge in [0.1, 0.15) is 5.60 Å².